The maximum atomic E-state index is 5.21. The van der Waals surface area contributed by atoms with Gasteiger partial charge in [0.1, 0.15) is 0 Å². The van der Waals surface area contributed by atoms with Gasteiger partial charge in [0.25, 0.3) is 0 Å². The minimum Gasteiger partial charge on any atom is -0.458 e. The van der Waals surface area contributed by atoms with Gasteiger partial charge in [-0.3, -0.25) is 0 Å². The maximum absolute atomic E-state index is 5.21. The summed E-state index contributed by atoms with van der Waals surface area (Å²) in [5, 5.41) is 0. The Morgan fingerprint density at radius 1 is 1.00 bits per heavy atom. The summed E-state index contributed by atoms with van der Waals surface area (Å²) < 4.78 is 6.15. The zero-order chi connectivity index (χ0) is 8.39. The minimum atomic E-state index is 0.943. The average molecular weight is 270 g/mol. The third kappa shape index (κ3) is 1.39. The van der Waals surface area contributed by atoms with E-state index >= 15 is 0 Å². The quantitative estimate of drug-likeness (QED) is 0.722. The molecule has 0 saturated heterocycles. The smallest absolute Gasteiger partial charge is 0.171 e. The lowest BCUT2D eigenvalue weighted by Crippen LogP contribution is -1.74. The fourth-order valence-electron chi connectivity index (χ4n) is 1.12. The normalized spacial score (nSPS) is 10.1. The van der Waals surface area contributed by atoms with Gasteiger partial charge in [0.05, 0.1) is 6.26 Å². The van der Waals surface area contributed by atoms with Crippen molar-refractivity contribution in [2.24, 2.45) is 0 Å². The van der Waals surface area contributed by atoms with Crippen molar-refractivity contribution in [1.82, 2.24) is 0 Å². The minimum absolute atomic E-state index is 0.943. The Morgan fingerprint density at radius 3 is 2.33 bits per heavy atom. The Morgan fingerprint density at radius 2 is 1.75 bits per heavy atom. The molecule has 0 radical (unpaired) electrons. The number of benzene rings is 1. The van der Waals surface area contributed by atoms with Crippen molar-refractivity contribution in [1.29, 1.82) is 0 Å². The second-order valence-electron chi connectivity index (χ2n) is 2.47. The summed E-state index contributed by atoms with van der Waals surface area (Å²) in [6.45, 7) is 0. The zero-order valence-corrected chi connectivity index (χ0v) is 8.49. The third-order valence-electron chi connectivity index (χ3n) is 1.70. The number of hydrogen-bond acceptors (Lipinski definition) is 1. The first-order chi connectivity index (χ1) is 5.88. The highest BCUT2D eigenvalue weighted by Crippen LogP contribution is 2.25. The third-order valence-corrected chi connectivity index (χ3v) is 2.54. The van der Waals surface area contributed by atoms with Gasteiger partial charge in [-0.15, -0.1) is 0 Å². The molecule has 0 aliphatic carbocycles. The Bertz CT molecular complexity index is 364. The second-order valence-corrected chi connectivity index (χ2v) is 3.45. The number of hydrogen-bond donors (Lipinski definition) is 0. The summed E-state index contributed by atoms with van der Waals surface area (Å²) in [7, 11) is 0. The Kier molecular flexibility index (Phi) is 2.17. The van der Waals surface area contributed by atoms with E-state index in [1.807, 2.05) is 24.3 Å². The number of rotatable bonds is 1. The van der Waals surface area contributed by atoms with E-state index in [-0.39, 0.29) is 0 Å². The first-order valence-corrected chi connectivity index (χ1v) is 4.74. The van der Waals surface area contributed by atoms with Gasteiger partial charge in [-0.25, -0.2) is 0 Å². The molecule has 0 saturated carbocycles. The van der Waals surface area contributed by atoms with Crippen LogP contribution < -0.4 is 0 Å². The largest absolute Gasteiger partial charge is 0.458 e. The molecule has 0 aliphatic rings. The monoisotopic (exact) mass is 270 g/mol. The molecule has 2 rings (SSSR count). The van der Waals surface area contributed by atoms with Crippen molar-refractivity contribution < 1.29 is 4.42 Å². The van der Waals surface area contributed by atoms with Crippen LogP contribution in [0.4, 0.5) is 0 Å². The molecule has 1 heterocycles. The SMILES string of the molecule is Ic1occc1-c1ccccc1. The van der Waals surface area contributed by atoms with Gasteiger partial charge >= 0.3 is 0 Å². The molecule has 0 N–H and O–H groups in total. The van der Waals surface area contributed by atoms with Crippen molar-refractivity contribution in [3.63, 3.8) is 0 Å². The molecule has 2 heteroatoms. The highest BCUT2D eigenvalue weighted by Gasteiger charge is 2.03. The van der Waals surface area contributed by atoms with E-state index in [1.54, 1.807) is 6.26 Å². The second kappa shape index (κ2) is 3.31. The van der Waals surface area contributed by atoms with Crippen LogP contribution in [-0.2, 0) is 0 Å². The molecule has 1 aromatic heterocycles. The van der Waals surface area contributed by atoms with Crippen molar-refractivity contribution >= 4 is 22.6 Å². The molecule has 1 nitrogen and oxygen atoms in total. The molecule has 0 aliphatic heterocycles. The zero-order valence-electron chi connectivity index (χ0n) is 6.33. The molecular formula is C10H7IO. The van der Waals surface area contributed by atoms with Crippen LogP contribution in [0.5, 0.6) is 0 Å². The molecule has 1 aromatic carbocycles. The summed E-state index contributed by atoms with van der Waals surface area (Å²) in [6, 6.07) is 12.2. The van der Waals surface area contributed by atoms with Gasteiger partial charge in [-0.05, 0) is 11.6 Å². The van der Waals surface area contributed by atoms with Gasteiger partial charge in [0, 0.05) is 28.2 Å². The van der Waals surface area contributed by atoms with Gasteiger partial charge in [0.2, 0.25) is 0 Å². The molecule has 0 amide bonds. The summed E-state index contributed by atoms with van der Waals surface area (Å²) in [5.41, 5.74) is 2.37. The van der Waals surface area contributed by atoms with Gasteiger partial charge in [-0.1, -0.05) is 30.3 Å². The van der Waals surface area contributed by atoms with Gasteiger partial charge in [0.15, 0.2) is 3.77 Å². The molecule has 0 spiro atoms. The van der Waals surface area contributed by atoms with Crippen LogP contribution >= 0.6 is 22.6 Å². The summed E-state index contributed by atoms with van der Waals surface area (Å²) in [5.74, 6) is 0. The van der Waals surface area contributed by atoms with E-state index < -0.39 is 0 Å². The predicted octanol–water partition coefficient (Wildman–Crippen LogP) is 3.55. The molecule has 60 valence electrons. The van der Waals surface area contributed by atoms with E-state index in [9.17, 15) is 0 Å². The van der Waals surface area contributed by atoms with E-state index in [4.69, 9.17) is 4.42 Å². The summed E-state index contributed by atoms with van der Waals surface area (Å²) in [6.07, 6.45) is 1.71. The molecule has 0 fully saturated rings. The van der Waals surface area contributed by atoms with Gasteiger partial charge < -0.3 is 4.42 Å². The molecule has 0 unspecified atom stereocenters. The highest BCUT2D eigenvalue weighted by molar-refractivity contribution is 14.1. The summed E-state index contributed by atoms with van der Waals surface area (Å²) in [4.78, 5) is 0. The van der Waals surface area contributed by atoms with E-state index in [0.29, 0.717) is 0 Å². The van der Waals surface area contributed by atoms with E-state index in [2.05, 4.69) is 34.7 Å². The standard InChI is InChI=1S/C10H7IO/c11-10-9(6-7-12-10)8-4-2-1-3-5-8/h1-7H. The molecule has 12 heavy (non-hydrogen) atoms. The fraction of sp³-hybridized carbons (Fsp3) is 0. The number of halogens is 1. The molecular weight excluding hydrogens is 263 g/mol. The first-order valence-electron chi connectivity index (χ1n) is 3.66. The van der Waals surface area contributed by atoms with Crippen LogP contribution in [0.2, 0.25) is 0 Å². The van der Waals surface area contributed by atoms with Crippen LogP contribution in [0.25, 0.3) is 11.1 Å². The average Bonchev–Trinajstić information content (AvgIpc) is 2.53. The first kappa shape index (κ1) is 7.86. The van der Waals surface area contributed by atoms with Crippen LogP contribution in [0.15, 0.2) is 47.1 Å². The highest BCUT2D eigenvalue weighted by atomic mass is 127. The summed E-state index contributed by atoms with van der Waals surface area (Å²) >= 11 is 2.19. The topological polar surface area (TPSA) is 13.1 Å². The molecule has 0 bridgehead atoms. The Hall–Kier alpha value is -0.770. The Labute approximate surface area is 84.5 Å². The van der Waals surface area contributed by atoms with Crippen molar-refractivity contribution in [2.45, 2.75) is 0 Å². The maximum Gasteiger partial charge on any atom is 0.171 e. The predicted molar refractivity (Wildman–Crippen MR) is 56.9 cm³/mol. The molecule has 0 atom stereocenters. The lowest BCUT2D eigenvalue weighted by atomic mass is 10.1. The fourth-order valence-corrected chi connectivity index (χ4v) is 1.76. The lowest BCUT2D eigenvalue weighted by Gasteiger charge is -1.95. The van der Waals surface area contributed by atoms with Crippen LogP contribution in [0, 0.1) is 3.77 Å². The lowest BCUT2D eigenvalue weighted by molar-refractivity contribution is 0.539. The van der Waals surface area contributed by atoms with E-state index in [1.165, 1.54) is 5.56 Å². The number of furan rings is 1. The van der Waals surface area contributed by atoms with Crippen LogP contribution in [0.3, 0.4) is 0 Å². The van der Waals surface area contributed by atoms with Crippen LogP contribution in [-0.4, -0.2) is 0 Å². The van der Waals surface area contributed by atoms with Crippen molar-refractivity contribution in [2.75, 3.05) is 0 Å². The Balaban J connectivity index is 2.51. The van der Waals surface area contributed by atoms with Gasteiger partial charge in [-0.2, -0.15) is 0 Å². The van der Waals surface area contributed by atoms with Crippen molar-refractivity contribution in [3.8, 4) is 11.1 Å². The van der Waals surface area contributed by atoms with E-state index in [0.717, 1.165) is 9.33 Å². The van der Waals surface area contributed by atoms with Crippen molar-refractivity contribution in [3.05, 3.63) is 46.4 Å². The van der Waals surface area contributed by atoms with Crippen LogP contribution in [0.1, 0.15) is 0 Å². The molecule has 2 aromatic rings.